The Balaban J connectivity index is 1.84. The van der Waals surface area contributed by atoms with Gasteiger partial charge in [0.05, 0.1) is 18.4 Å². The standard InChI is InChI=1S/C26H32FN3O5/c1-14-13-18(11-12-19(14)27)28-24(32)20-15(2)22(30(4)16(20)3)23(31)25(33)29-21(26(34)35-5)17-9-7-6-8-10-17/h11-13,17,21H,6-10H2,1-5H3,(H,28,32)(H,29,33)/t21-/m0/s1. The number of nitrogens with zero attached hydrogens (tertiary/aromatic N) is 1. The number of aryl methyl sites for hydroxylation is 1. The number of ketones is 1. The van der Waals surface area contributed by atoms with Gasteiger partial charge in [-0.15, -0.1) is 0 Å². The molecular formula is C26H32FN3O5. The van der Waals surface area contributed by atoms with Crippen LogP contribution in [0.2, 0.25) is 0 Å². The molecule has 0 unspecified atom stereocenters. The van der Waals surface area contributed by atoms with Gasteiger partial charge in [0.2, 0.25) is 0 Å². The van der Waals surface area contributed by atoms with Gasteiger partial charge in [-0.1, -0.05) is 19.3 Å². The molecule has 2 aromatic rings. The SMILES string of the molecule is COC(=O)[C@@H](NC(=O)C(=O)c1c(C)c(C(=O)Nc2ccc(F)c(C)c2)c(C)n1C)C1CCCCC1. The number of carbonyl (C=O) groups is 4. The van der Waals surface area contributed by atoms with Crippen molar-refractivity contribution in [2.24, 2.45) is 13.0 Å². The van der Waals surface area contributed by atoms with Gasteiger partial charge in [0.1, 0.15) is 11.9 Å². The second kappa shape index (κ2) is 10.8. The summed E-state index contributed by atoms with van der Waals surface area (Å²) in [6.07, 6.45) is 4.50. The maximum Gasteiger partial charge on any atom is 0.328 e. The number of aromatic nitrogens is 1. The fourth-order valence-electron chi connectivity index (χ4n) is 4.83. The van der Waals surface area contributed by atoms with Crippen LogP contribution in [-0.4, -0.2) is 41.3 Å². The van der Waals surface area contributed by atoms with Crippen molar-refractivity contribution >= 4 is 29.3 Å². The Hall–Kier alpha value is -3.49. The molecule has 0 saturated heterocycles. The third-order valence-corrected chi connectivity index (χ3v) is 6.86. The lowest BCUT2D eigenvalue weighted by atomic mass is 9.83. The summed E-state index contributed by atoms with van der Waals surface area (Å²) in [4.78, 5) is 51.5. The highest BCUT2D eigenvalue weighted by atomic mass is 19.1. The molecule has 188 valence electrons. The van der Waals surface area contributed by atoms with Crippen LogP contribution in [0.15, 0.2) is 18.2 Å². The summed E-state index contributed by atoms with van der Waals surface area (Å²) in [5.74, 6) is -3.29. The van der Waals surface area contributed by atoms with E-state index in [2.05, 4.69) is 10.6 Å². The Bertz CT molecular complexity index is 1160. The van der Waals surface area contributed by atoms with Gasteiger partial charge in [0.15, 0.2) is 0 Å². The lowest BCUT2D eigenvalue weighted by Gasteiger charge is -2.28. The van der Waals surface area contributed by atoms with Crippen LogP contribution in [0.1, 0.15) is 69.8 Å². The Morgan fingerprint density at radius 3 is 2.34 bits per heavy atom. The Morgan fingerprint density at radius 1 is 1.09 bits per heavy atom. The van der Waals surface area contributed by atoms with Crippen molar-refractivity contribution in [1.82, 2.24) is 9.88 Å². The predicted molar refractivity (Wildman–Crippen MR) is 129 cm³/mol. The molecule has 1 saturated carbocycles. The second-order valence-electron chi connectivity index (χ2n) is 9.11. The van der Waals surface area contributed by atoms with Crippen LogP contribution >= 0.6 is 0 Å². The fraction of sp³-hybridized carbons (Fsp3) is 0.462. The molecule has 1 heterocycles. The Labute approximate surface area is 204 Å². The van der Waals surface area contributed by atoms with Crippen LogP contribution in [0.25, 0.3) is 0 Å². The van der Waals surface area contributed by atoms with Crippen LogP contribution in [0, 0.1) is 32.5 Å². The van der Waals surface area contributed by atoms with Gasteiger partial charge in [-0.05, 0) is 68.9 Å². The first-order valence-electron chi connectivity index (χ1n) is 11.7. The van der Waals surface area contributed by atoms with Crippen molar-refractivity contribution in [2.75, 3.05) is 12.4 Å². The maximum atomic E-state index is 13.6. The van der Waals surface area contributed by atoms with Gasteiger partial charge in [-0.25, -0.2) is 9.18 Å². The number of nitrogens with one attached hydrogen (secondary N) is 2. The number of halogens is 1. The molecule has 0 aliphatic heterocycles. The number of Topliss-reactive ketones (excluding diaryl/α,β-unsaturated/α-hetero) is 1. The molecule has 0 radical (unpaired) electrons. The zero-order valence-corrected chi connectivity index (χ0v) is 20.8. The Morgan fingerprint density at radius 2 is 1.74 bits per heavy atom. The number of carbonyl (C=O) groups excluding carboxylic acids is 4. The summed E-state index contributed by atoms with van der Waals surface area (Å²) in [6, 6.07) is 3.33. The summed E-state index contributed by atoms with van der Waals surface area (Å²) in [6.45, 7) is 4.86. The first-order valence-corrected chi connectivity index (χ1v) is 11.7. The van der Waals surface area contributed by atoms with Gasteiger partial charge < -0.3 is 19.9 Å². The molecule has 3 rings (SSSR count). The summed E-state index contributed by atoms with van der Waals surface area (Å²) < 4.78 is 19.9. The number of amides is 2. The molecule has 1 aliphatic carbocycles. The van der Waals surface area contributed by atoms with Crippen LogP contribution in [0.3, 0.4) is 0 Å². The maximum absolute atomic E-state index is 13.6. The van der Waals surface area contributed by atoms with E-state index < -0.39 is 29.6 Å². The highest BCUT2D eigenvalue weighted by molar-refractivity contribution is 6.43. The van der Waals surface area contributed by atoms with Crippen LogP contribution in [0.5, 0.6) is 0 Å². The molecule has 1 aromatic carbocycles. The number of anilines is 1. The molecule has 0 bridgehead atoms. The molecule has 0 spiro atoms. The van der Waals surface area contributed by atoms with Crippen LogP contribution < -0.4 is 10.6 Å². The summed E-state index contributed by atoms with van der Waals surface area (Å²) in [5, 5.41) is 5.31. The van der Waals surface area contributed by atoms with Gasteiger partial charge in [-0.2, -0.15) is 0 Å². The average Bonchev–Trinajstić information content (AvgIpc) is 3.07. The minimum absolute atomic E-state index is 0.0627. The van der Waals surface area contributed by atoms with Gasteiger partial charge in [0, 0.05) is 18.4 Å². The van der Waals surface area contributed by atoms with Gasteiger partial charge in [-0.3, -0.25) is 14.4 Å². The molecule has 9 heteroatoms. The summed E-state index contributed by atoms with van der Waals surface area (Å²) in [5.41, 5.74) is 1.95. The lowest BCUT2D eigenvalue weighted by molar-refractivity contribution is -0.146. The molecule has 8 nitrogen and oxygen atoms in total. The lowest BCUT2D eigenvalue weighted by Crippen LogP contribution is -2.49. The third kappa shape index (κ3) is 5.44. The zero-order chi connectivity index (χ0) is 25.9. The highest BCUT2D eigenvalue weighted by Crippen LogP contribution is 2.28. The van der Waals surface area contributed by atoms with E-state index in [1.807, 2.05) is 0 Å². The Kier molecular flexibility index (Phi) is 8.09. The zero-order valence-electron chi connectivity index (χ0n) is 20.8. The van der Waals surface area contributed by atoms with E-state index >= 15 is 0 Å². The fourth-order valence-corrected chi connectivity index (χ4v) is 4.83. The molecule has 1 aromatic heterocycles. The number of ether oxygens (including phenoxy) is 1. The first-order chi connectivity index (χ1) is 16.6. The van der Waals surface area contributed by atoms with Crippen molar-refractivity contribution in [3.8, 4) is 0 Å². The number of esters is 1. The molecule has 2 N–H and O–H groups in total. The van der Waals surface area contributed by atoms with Crippen LogP contribution in [0.4, 0.5) is 10.1 Å². The topological polar surface area (TPSA) is 106 Å². The van der Waals surface area contributed by atoms with Crippen molar-refractivity contribution < 1.29 is 28.3 Å². The molecule has 1 atom stereocenters. The smallest absolute Gasteiger partial charge is 0.328 e. The number of rotatable bonds is 7. The number of hydrogen-bond donors (Lipinski definition) is 2. The number of hydrogen-bond acceptors (Lipinski definition) is 5. The normalized spacial score (nSPS) is 14.8. The van der Waals surface area contributed by atoms with Gasteiger partial charge >= 0.3 is 5.97 Å². The first kappa shape index (κ1) is 26.1. The largest absolute Gasteiger partial charge is 0.467 e. The van der Waals surface area contributed by atoms with E-state index in [1.165, 1.54) is 29.9 Å². The minimum atomic E-state index is -0.921. The quantitative estimate of drug-likeness (QED) is 0.353. The van der Waals surface area contributed by atoms with E-state index in [9.17, 15) is 23.6 Å². The molecule has 35 heavy (non-hydrogen) atoms. The van der Waals surface area contributed by atoms with E-state index in [4.69, 9.17) is 4.74 Å². The molecule has 1 aliphatic rings. The molecular weight excluding hydrogens is 453 g/mol. The number of benzene rings is 1. The van der Waals surface area contributed by atoms with Crippen molar-refractivity contribution in [3.05, 3.63) is 52.1 Å². The summed E-state index contributed by atoms with van der Waals surface area (Å²) >= 11 is 0. The predicted octanol–water partition coefficient (Wildman–Crippen LogP) is 3.76. The van der Waals surface area contributed by atoms with E-state index in [-0.39, 0.29) is 23.0 Å². The summed E-state index contributed by atoms with van der Waals surface area (Å²) in [7, 11) is 2.85. The van der Waals surface area contributed by atoms with Crippen LogP contribution in [-0.2, 0) is 21.4 Å². The van der Waals surface area contributed by atoms with Crippen molar-refractivity contribution in [1.29, 1.82) is 0 Å². The second-order valence-corrected chi connectivity index (χ2v) is 9.11. The molecule has 1 fully saturated rings. The average molecular weight is 486 g/mol. The third-order valence-electron chi connectivity index (χ3n) is 6.86. The van der Waals surface area contributed by atoms with E-state index in [0.717, 1.165) is 32.1 Å². The number of methoxy groups -OCH3 is 1. The molecule has 2 amide bonds. The van der Waals surface area contributed by atoms with Gasteiger partial charge in [0.25, 0.3) is 17.6 Å². The monoisotopic (exact) mass is 485 g/mol. The highest BCUT2D eigenvalue weighted by Gasteiger charge is 2.35. The van der Waals surface area contributed by atoms with Crippen molar-refractivity contribution in [3.63, 3.8) is 0 Å². The van der Waals surface area contributed by atoms with E-state index in [0.29, 0.717) is 22.5 Å². The van der Waals surface area contributed by atoms with Crippen molar-refractivity contribution in [2.45, 2.75) is 58.9 Å². The minimum Gasteiger partial charge on any atom is -0.467 e. The van der Waals surface area contributed by atoms with E-state index in [1.54, 1.807) is 27.8 Å².